The van der Waals surface area contributed by atoms with Gasteiger partial charge >= 0.3 is 0 Å². The second kappa shape index (κ2) is 18.2. The Morgan fingerprint density at radius 3 is 1.99 bits per heavy atom. The maximum absolute atomic E-state index is 5.68. The maximum Gasteiger partial charge on any atom is 0.0716 e. The summed E-state index contributed by atoms with van der Waals surface area (Å²) in [6, 6.07) is 58.0. The van der Waals surface area contributed by atoms with Crippen LogP contribution in [0.2, 0.25) is 0 Å². The third-order valence-electron chi connectivity index (χ3n) is 16.8. The lowest BCUT2D eigenvalue weighted by atomic mass is 9.85. The van der Waals surface area contributed by atoms with Crippen molar-refractivity contribution in [1.82, 2.24) is 9.55 Å². The van der Waals surface area contributed by atoms with E-state index in [2.05, 4.69) is 230 Å². The average molecular weight is 922 g/mol. The highest BCUT2D eigenvalue weighted by atomic mass is 15.3. The average Bonchev–Trinajstić information content (AvgIpc) is 3.87. The van der Waals surface area contributed by atoms with Crippen LogP contribution in [0, 0.1) is 17.8 Å². The van der Waals surface area contributed by atoms with Gasteiger partial charge in [-0.3, -0.25) is 0 Å². The van der Waals surface area contributed by atoms with Crippen molar-refractivity contribution in [3.8, 4) is 50.5 Å². The number of hydrogen-bond donors (Lipinski definition) is 0. The van der Waals surface area contributed by atoms with Gasteiger partial charge in [-0.2, -0.15) is 0 Å². The number of fused-ring (bicyclic) bond motifs is 6. The summed E-state index contributed by atoms with van der Waals surface area (Å²) in [5, 5.41) is 2.53. The van der Waals surface area contributed by atoms with Gasteiger partial charge in [-0.25, -0.2) is 4.98 Å². The number of allylic oxidation sites excluding steroid dienone is 7. The van der Waals surface area contributed by atoms with Crippen LogP contribution in [0.3, 0.4) is 0 Å². The molecule has 1 spiro atoms. The third-order valence-corrected chi connectivity index (χ3v) is 16.8. The number of para-hydroxylation sites is 2. The molecule has 5 aliphatic rings. The zero-order valence-electron chi connectivity index (χ0n) is 41.2. The fraction of sp³-hybridized carbons (Fsp3) is 0.250. The van der Waals surface area contributed by atoms with Crippen LogP contribution in [0.1, 0.15) is 82.3 Å². The number of piperidine rings is 1. The maximum atomic E-state index is 5.68. The second-order valence-electron chi connectivity index (χ2n) is 21.0. The minimum absolute atomic E-state index is 0.0512. The van der Waals surface area contributed by atoms with Crippen LogP contribution in [0.25, 0.3) is 72.3 Å². The molecule has 1 saturated heterocycles. The van der Waals surface area contributed by atoms with E-state index in [1.165, 1.54) is 98.6 Å². The molecule has 3 heterocycles. The van der Waals surface area contributed by atoms with E-state index in [0.717, 1.165) is 53.9 Å². The predicted molar refractivity (Wildman–Crippen MR) is 299 cm³/mol. The molecular weight excluding hydrogens is 859 g/mol. The molecule has 3 nitrogen and oxygen atoms in total. The van der Waals surface area contributed by atoms with Gasteiger partial charge in [0.05, 0.1) is 28.0 Å². The molecule has 0 radical (unpaired) electrons. The topological polar surface area (TPSA) is 21.1 Å². The summed E-state index contributed by atoms with van der Waals surface area (Å²) >= 11 is 0. The molecule has 350 valence electrons. The number of nitrogens with zero attached hydrogens (tertiary/aromatic N) is 3. The Hall–Kier alpha value is -7.23. The molecule has 3 heteroatoms. The van der Waals surface area contributed by atoms with Gasteiger partial charge in [-0.15, -0.1) is 0 Å². The summed E-state index contributed by atoms with van der Waals surface area (Å²) in [6.07, 6.45) is 32.4. The van der Waals surface area contributed by atoms with Crippen LogP contribution < -0.4 is 4.90 Å². The minimum Gasteiger partial charge on any atom is -0.358 e. The smallest absolute Gasteiger partial charge is 0.0716 e. The molecule has 2 fully saturated rings. The third kappa shape index (κ3) is 7.68. The van der Waals surface area contributed by atoms with Crippen molar-refractivity contribution in [2.24, 2.45) is 17.8 Å². The number of aromatic nitrogens is 2. The minimum atomic E-state index is 0.0512. The normalized spacial score (nSPS) is 22.7. The molecule has 2 aromatic heterocycles. The Kier molecular flexibility index (Phi) is 11.2. The molecule has 0 N–H and O–H groups in total. The molecule has 6 atom stereocenters. The Labute approximate surface area is 420 Å². The van der Waals surface area contributed by atoms with Crippen LogP contribution >= 0.6 is 0 Å². The first-order chi connectivity index (χ1) is 35.1. The molecule has 6 aromatic carbocycles. The van der Waals surface area contributed by atoms with Crippen molar-refractivity contribution in [1.29, 1.82) is 0 Å². The van der Waals surface area contributed by atoms with Crippen molar-refractivity contribution in [3.63, 3.8) is 0 Å². The van der Waals surface area contributed by atoms with Gasteiger partial charge in [-0.1, -0.05) is 184 Å². The summed E-state index contributed by atoms with van der Waals surface area (Å²) in [4.78, 5) is 8.50. The number of hydrogen-bond acceptors (Lipinski definition) is 2. The first-order valence-corrected chi connectivity index (χ1v) is 26.7. The quantitative estimate of drug-likeness (QED) is 0.107. The summed E-state index contributed by atoms with van der Waals surface area (Å²) in [5.41, 5.74) is 18.3. The van der Waals surface area contributed by atoms with Crippen molar-refractivity contribution in [3.05, 3.63) is 223 Å². The van der Waals surface area contributed by atoms with Gasteiger partial charge in [0, 0.05) is 63.0 Å². The Morgan fingerprint density at radius 1 is 0.592 bits per heavy atom. The second-order valence-corrected chi connectivity index (χ2v) is 21.0. The van der Waals surface area contributed by atoms with Crippen LogP contribution in [0.4, 0.5) is 5.69 Å². The lowest BCUT2D eigenvalue weighted by Gasteiger charge is -2.40. The van der Waals surface area contributed by atoms with Crippen LogP contribution in [0.5, 0.6) is 0 Å². The van der Waals surface area contributed by atoms with Crippen molar-refractivity contribution in [2.45, 2.75) is 89.1 Å². The van der Waals surface area contributed by atoms with E-state index in [9.17, 15) is 0 Å². The Bertz CT molecular complexity index is 3430. The number of unbranched alkanes of at least 4 members (excludes halogenated alkanes) is 2. The highest BCUT2D eigenvalue weighted by Gasteiger charge is 2.74. The highest BCUT2D eigenvalue weighted by molar-refractivity contribution is 6.09. The van der Waals surface area contributed by atoms with Crippen LogP contribution in [0.15, 0.2) is 212 Å². The largest absolute Gasteiger partial charge is 0.358 e. The SMILES string of the molecule is CCCCC1=CCC(c2cc(-c3ccc(CCCC)cc3)cc(-c3cc(-c4cccc(N5C6CCC=CC6C6C7C=CC=CC765)c4)nc(-c4cccc(-n5c6ccccc6c6ccccc65)c4)c3)c2)C=C1. The Balaban J connectivity index is 0.968. The molecule has 8 aromatic rings. The molecule has 4 aliphatic carbocycles. The zero-order chi connectivity index (χ0) is 47.5. The fourth-order valence-electron chi connectivity index (χ4n) is 13.2. The summed E-state index contributed by atoms with van der Waals surface area (Å²) in [6.45, 7) is 4.56. The first kappa shape index (κ1) is 43.8. The molecule has 13 rings (SSSR count). The number of pyridine rings is 1. The number of anilines is 1. The molecule has 1 saturated carbocycles. The highest BCUT2D eigenvalue weighted by Crippen LogP contribution is 2.70. The molecule has 0 amide bonds. The molecule has 0 bridgehead atoms. The lowest BCUT2D eigenvalue weighted by molar-refractivity contribution is 0.425. The van der Waals surface area contributed by atoms with E-state index in [-0.39, 0.29) is 5.54 Å². The first-order valence-electron chi connectivity index (χ1n) is 26.7. The molecular formula is C68H63N3. The van der Waals surface area contributed by atoms with E-state index in [4.69, 9.17) is 4.98 Å². The predicted octanol–water partition coefficient (Wildman–Crippen LogP) is 17.6. The summed E-state index contributed by atoms with van der Waals surface area (Å²) < 4.78 is 2.42. The molecule has 1 aliphatic heterocycles. The van der Waals surface area contributed by atoms with Gasteiger partial charge in [0.25, 0.3) is 0 Å². The van der Waals surface area contributed by atoms with E-state index < -0.39 is 0 Å². The number of benzene rings is 6. The fourth-order valence-corrected chi connectivity index (χ4v) is 13.2. The van der Waals surface area contributed by atoms with Crippen molar-refractivity contribution >= 4 is 27.5 Å². The monoisotopic (exact) mass is 922 g/mol. The van der Waals surface area contributed by atoms with Crippen LogP contribution in [-0.4, -0.2) is 21.1 Å². The molecule has 71 heavy (non-hydrogen) atoms. The lowest BCUT2D eigenvalue weighted by Crippen LogP contribution is -2.44. The van der Waals surface area contributed by atoms with E-state index in [0.29, 0.717) is 29.7 Å². The summed E-state index contributed by atoms with van der Waals surface area (Å²) in [7, 11) is 0. The van der Waals surface area contributed by atoms with E-state index >= 15 is 0 Å². The van der Waals surface area contributed by atoms with Gasteiger partial charge in [0.15, 0.2) is 0 Å². The van der Waals surface area contributed by atoms with E-state index in [1.54, 1.807) is 0 Å². The van der Waals surface area contributed by atoms with Crippen LogP contribution in [-0.2, 0) is 6.42 Å². The van der Waals surface area contributed by atoms with Crippen molar-refractivity contribution < 1.29 is 0 Å². The van der Waals surface area contributed by atoms with Gasteiger partial charge in [-0.05, 0) is 133 Å². The zero-order valence-corrected chi connectivity index (χ0v) is 41.2. The van der Waals surface area contributed by atoms with Crippen molar-refractivity contribution in [2.75, 3.05) is 4.90 Å². The molecule has 6 unspecified atom stereocenters. The van der Waals surface area contributed by atoms with Gasteiger partial charge in [0.1, 0.15) is 0 Å². The summed E-state index contributed by atoms with van der Waals surface area (Å²) in [5.74, 6) is 2.07. The number of aryl methyl sites for hydroxylation is 1. The standard InChI is InChI=1S/C68H63N3/c1-3-5-17-46-30-34-48(35-31-46)52-39-53(49-36-32-47(33-37-49)18-6-4-2)41-54(40-52)55-44-62(50-19-15-21-56(42-50)70-64-27-10-7-23-58(64)59-24-8-11-28-65(59)70)69-63(45-55)51-20-16-22-57(43-51)71-66-29-12-9-25-60(66)67-61-26-13-14-38-68(61,67)71/h7-11,13-16,19-28,30-36,38-45,49,60-61,66-67H,3-6,12,17-18,29,37H2,1-2H3. The number of rotatable bonds is 13. The van der Waals surface area contributed by atoms with Gasteiger partial charge in [0.2, 0.25) is 0 Å². The Morgan fingerprint density at radius 2 is 1.27 bits per heavy atom. The van der Waals surface area contributed by atoms with Gasteiger partial charge < -0.3 is 9.47 Å². The van der Waals surface area contributed by atoms with E-state index in [1.807, 2.05) is 0 Å².